The number of hydrogen-bond donors (Lipinski definition) is 2. The van der Waals surface area contributed by atoms with E-state index in [1.54, 1.807) is 0 Å². The van der Waals surface area contributed by atoms with Crippen LogP contribution >= 0.6 is 0 Å². The fraction of sp³-hybridized carbons (Fsp3) is 0.611. The molecule has 128 valence electrons. The molecule has 2 rings (SSSR count). The molecule has 1 saturated heterocycles. The van der Waals surface area contributed by atoms with E-state index in [-0.39, 0.29) is 11.9 Å². The molecule has 0 saturated carbocycles. The van der Waals surface area contributed by atoms with Crippen molar-refractivity contribution >= 4 is 5.91 Å². The average molecular weight is 320 g/mol. The van der Waals surface area contributed by atoms with Crippen LogP contribution in [0, 0.1) is 5.92 Å². The van der Waals surface area contributed by atoms with Crippen molar-refractivity contribution in [2.75, 3.05) is 32.8 Å². The van der Waals surface area contributed by atoms with E-state index < -0.39 is 6.10 Å². The van der Waals surface area contributed by atoms with Crippen LogP contribution in [0.4, 0.5) is 0 Å². The fourth-order valence-corrected chi connectivity index (χ4v) is 2.74. The van der Waals surface area contributed by atoms with E-state index in [1.807, 2.05) is 30.3 Å². The number of nitrogens with one attached hydrogen (secondary N) is 1. The standard InChI is InChI=1S/C18H28N2O3/c1-14(2)11-19-18(22)12-20-8-9-23-13-16(20)10-17(21)15-6-4-3-5-7-15/h3-7,14,16-17,21H,8-13H2,1-2H3,(H,19,22). The quantitative estimate of drug-likeness (QED) is 0.801. The Kier molecular flexibility index (Phi) is 7.02. The molecule has 2 N–H and O–H groups in total. The van der Waals surface area contributed by atoms with Crippen LogP contribution in [0.3, 0.4) is 0 Å². The highest BCUT2D eigenvalue weighted by Crippen LogP contribution is 2.22. The van der Waals surface area contributed by atoms with Gasteiger partial charge in [0, 0.05) is 19.1 Å². The lowest BCUT2D eigenvalue weighted by atomic mass is 10.0. The Morgan fingerprint density at radius 3 is 2.83 bits per heavy atom. The molecule has 0 aliphatic carbocycles. The summed E-state index contributed by atoms with van der Waals surface area (Å²) in [6.07, 6.45) is 0.0331. The largest absolute Gasteiger partial charge is 0.388 e. The zero-order valence-corrected chi connectivity index (χ0v) is 14.1. The third kappa shape index (κ3) is 5.94. The topological polar surface area (TPSA) is 61.8 Å². The van der Waals surface area contributed by atoms with Gasteiger partial charge in [-0.3, -0.25) is 9.69 Å². The van der Waals surface area contributed by atoms with Gasteiger partial charge in [0.15, 0.2) is 0 Å². The molecule has 1 aromatic rings. The van der Waals surface area contributed by atoms with Crippen LogP contribution < -0.4 is 5.32 Å². The second-order valence-corrected chi connectivity index (χ2v) is 6.56. The molecule has 0 aromatic heterocycles. The van der Waals surface area contributed by atoms with Crippen LogP contribution in [-0.4, -0.2) is 54.8 Å². The molecule has 23 heavy (non-hydrogen) atoms. The molecular weight excluding hydrogens is 292 g/mol. The molecule has 1 aliphatic heterocycles. The van der Waals surface area contributed by atoms with E-state index in [4.69, 9.17) is 4.74 Å². The molecule has 0 radical (unpaired) electrons. The maximum atomic E-state index is 12.1. The zero-order valence-electron chi connectivity index (χ0n) is 14.1. The molecule has 1 amide bonds. The first-order valence-electron chi connectivity index (χ1n) is 8.37. The number of amides is 1. The Morgan fingerprint density at radius 2 is 2.13 bits per heavy atom. The number of aliphatic hydroxyl groups excluding tert-OH is 1. The second kappa shape index (κ2) is 9.01. The minimum atomic E-state index is -0.538. The number of benzene rings is 1. The lowest BCUT2D eigenvalue weighted by molar-refractivity contribution is -0.125. The van der Waals surface area contributed by atoms with Crippen molar-refractivity contribution in [1.82, 2.24) is 10.2 Å². The molecule has 2 unspecified atom stereocenters. The Balaban J connectivity index is 1.89. The van der Waals surface area contributed by atoms with Gasteiger partial charge < -0.3 is 15.2 Å². The van der Waals surface area contributed by atoms with Gasteiger partial charge >= 0.3 is 0 Å². The van der Waals surface area contributed by atoms with Crippen molar-refractivity contribution in [3.05, 3.63) is 35.9 Å². The molecule has 5 heteroatoms. The van der Waals surface area contributed by atoms with Gasteiger partial charge in [0.05, 0.1) is 25.9 Å². The van der Waals surface area contributed by atoms with Gasteiger partial charge in [0.1, 0.15) is 0 Å². The molecule has 0 spiro atoms. The van der Waals surface area contributed by atoms with Gasteiger partial charge in [-0.2, -0.15) is 0 Å². The number of morpholine rings is 1. The van der Waals surface area contributed by atoms with Crippen LogP contribution in [0.15, 0.2) is 30.3 Å². The molecule has 5 nitrogen and oxygen atoms in total. The van der Waals surface area contributed by atoms with Gasteiger partial charge in [-0.15, -0.1) is 0 Å². The molecule has 0 bridgehead atoms. The van der Waals surface area contributed by atoms with E-state index in [2.05, 4.69) is 24.1 Å². The summed E-state index contributed by atoms with van der Waals surface area (Å²) < 4.78 is 5.54. The highest BCUT2D eigenvalue weighted by atomic mass is 16.5. The SMILES string of the molecule is CC(C)CNC(=O)CN1CCOCC1CC(O)c1ccccc1. The van der Waals surface area contributed by atoms with Gasteiger partial charge in [0.25, 0.3) is 0 Å². The summed E-state index contributed by atoms with van der Waals surface area (Å²) in [4.78, 5) is 14.2. The van der Waals surface area contributed by atoms with Crippen LogP contribution in [0.25, 0.3) is 0 Å². The van der Waals surface area contributed by atoms with Crippen LogP contribution in [0.1, 0.15) is 31.9 Å². The Morgan fingerprint density at radius 1 is 1.39 bits per heavy atom. The molecular formula is C18H28N2O3. The van der Waals surface area contributed by atoms with Crippen molar-refractivity contribution in [3.8, 4) is 0 Å². The Hall–Kier alpha value is -1.43. The van der Waals surface area contributed by atoms with Crippen molar-refractivity contribution in [2.45, 2.75) is 32.4 Å². The first-order valence-corrected chi connectivity index (χ1v) is 8.37. The summed E-state index contributed by atoms with van der Waals surface area (Å²) in [6, 6.07) is 9.69. The lowest BCUT2D eigenvalue weighted by Gasteiger charge is -2.36. The first-order chi connectivity index (χ1) is 11.1. The normalized spacial score (nSPS) is 20.4. The lowest BCUT2D eigenvalue weighted by Crippen LogP contribution is -2.50. The number of ether oxygens (including phenoxy) is 1. The van der Waals surface area contributed by atoms with Gasteiger partial charge in [-0.05, 0) is 17.9 Å². The highest BCUT2D eigenvalue weighted by molar-refractivity contribution is 5.78. The molecule has 1 fully saturated rings. The summed E-state index contributed by atoms with van der Waals surface area (Å²) >= 11 is 0. The maximum Gasteiger partial charge on any atom is 0.234 e. The van der Waals surface area contributed by atoms with Crippen molar-refractivity contribution in [2.24, 2.45) is 5.92 Å². The summed E-state index contributed by atoms with van der Waals surface area (Å²) in [5.74, 6) is 0.485. The number of rotatable bonds is 7. The van der Waals surface area contributed by atoms with Crippen LogP contribution in [0.2, 0.25) is 0 Å². The van der Waals surface area contributed by atoms with E-state index in [0.29, 0.717) is 38.6 Å². The van der Waals surface area contributed by atoms with E-state index in [0.717, 1.165) is 12.1 Å². The number of carbonyl (C=O) groups excluding carboxylic acids is 1. The first kappa shape index (κ1) is 17.9. The minimum Gasteiger partial charge on any atom is -0.388 e. The molecule has 1 aromatic carbocycles. The maximum absolute atomic E-state index is 12.1. The zero-order chi connectivity index (χ0) is 16.7. The van der Waals surface area contributed by atoms with Crippen molar-refractivity contribution in [1.29, 1.82) is 0 Å². The number of carbonyl (C=O) groups is 1. The molecule has 2 atom stereocenters. The number of aliphatic hydroxyl groups is 1. The summed E-state index contributed by atoms with van der Waals surface area (Å²) in [7, 11) is 0. The minimum absolute atomic E-state index is 0.0415. The number of nitrogens with zero attached hydrogens (tertiary/aromatic N) is 1. The van der Waals surface area contributed by atoms with Gasteiger partial charge in [0.2, 0.25) is 5.91 Å². The molecule has 1 heterocycles. The summed E-state index contributed by atoms with van der Waals surface area (Å²) in [6.45, 7) is 7.13. The monoisotopic (exact) mass is 320 g/mol. The van der Waals surface area contributed by atoms with E-state index in [9.17, 15) is 9.90 Å². The second-order valence-electron chi connectivity index (χ2n) is 6.56. The van der Waals surface area contributed by atoms with Gasteiger partial charge in [-0.1, -0.05) is 44.2 Å². The summed E-state index contributed by atoms with van der Waals surface area (Å²) in [5.41, 5.74) is 0.905. The van der Waals surface area contributed by atoms with E-state index in [1.165, 1.54) is 0 Å². The smallest absolute Gasteiger partial charge is 0.234 e. The fourth-order valence-electron chi connectivity index (χ4n) is 2.74. The van der Waals surface area contributed by atoms with Crippen LogP contribution in [-0.2, 0) is 9.53 Å². The van der Waals surface area contributed by atoms with Crippen LogP contribution in [0.5, 0.6) is 0 Å². The van der Waals surface area contributed by atoms with Crippen molar-refractivity contribution < 1.29 is 14.6 Å². The molecule has 1 aliphatic rings. The van der Waals surface area contributed by atoms with E-state index >= 15 is 0 Å². The summed E-state index contributed by atoms with van der Waals surface area (Å²) in [5, 5.41) is 13.4. The third-order valence-corrected chi connectivity index (χ3v) is 4.08. The average Bonchev–Trinajstić information content (AvgIpc) is 2.55. The predicted octanol–water partition coefficient (Wildman–Crippen LogP) is 1.58. The predicted molar refractivity (Wildman–Crippen MR) is 90.0 cm³/mol. The third-order valence-electron chi connectivity index (χ3n) is 4.08. The Labute approximate surface area is 138 Å². The number of hydrogen-bond acceptors (Lipinski definition) is 4. The van der Waals surface area contributed by atoms with Gasteiger partial charge in [-0.25, -0.2) is 0 Å². The van der Waals surface area contributed by atoms with Crippen molar-refractivity contribution in [3.63, 3.8) is 0 Å². The Bertz CT molecular complexity index is 478. The highest BCUT2D eigenvalue weighted by Gasteiger charge is 2.27.